The molecule has 0 saturated carbocycles. The Balaban J connectivity index is 2.16. The SMILES string of the molecule is CCO/N=C(\C(=O)N[C@@H]1C(=O)N(OS(=O)O)C1(C)C)c1csc(N)n1. The number of oxime groups is 1. The number of thiazole rings is 1. The second-order valence-corrected chi connectivity index (χ2v) is 6.89. The largest absolute Gasteiger partial charge is 0.395 e. The number of nitrogens with two attached hydrogens (primary N) is 1. The molecule has 11 nitrogen and oxygen atoms in total. The van der Waals surface area contributed by atoms with E-state index in [4.69, 9.17) is 15.1 Å². The Morgan fingerprint density at radius 1 is 1.64 bits per heavy atom. The number of hydrogen-bond donors (Lipinski definition) is 3. The van der Waals surface area contributed by atoms with E-state index in [0.29, 0.717) is 0 Å². The van der Waals surface area contributed by atoms with E-state index in [2.05, 4.69) is 19.7 Å². The van der Waals surface area contributed by atoms with Crippen LogP contribution in [0.1, 0.15) is 26.5 Å². The van der Waals surface area contributed by atoms with Gasteiger partial charge in [-0.3, -0.25) is 14.1 Å². The summed E-state index contributed by atoms with van der Waals surface area (Å²) in [6, 6.07) is -0.980. The highest BCUT2D eigenvalue weighted by molar-refractivity contribution is 7.74. The maximum Gasteiger partial charge on any atom is 0.325 e. The quantitative estimate of drug-likeness (QED) is 0.246. The van der Waals surface area contributed by atoms with Crippen molar-refractivity contribution >= 4 is 45.4 Å². The van der Waals surface area contributed by atoms with Crippen molar-refractivity contribution in [1.82, 2.24) is 15.4 Å². The zero-order chi connectivity index (χ0) is 18.8. The van der Waals surface area contributed by atoms with Crippen LogP contribution in [0, 0.1) is 0 Å². The molecule has 0 spiro atoms. The van der Waals surface area contributed by atoms with Crippen molar-refractivity contribution in [3.05, 3.63) is 11.1 Å². The number of hydroxylamine groups is 2. The maximum atomic E-state index is 12.5. The van der Waals surface area contributed by atoms with Crippen LogP contribution in [0.3, 0.4) is 0 Å². The van der Waals surface area contributed by atoms with Crippen molar-refractivity contribution in [1.29, 1.82) is 0 Å². The van der Waals surface area contributed by atoms with E-state index in [1.54, 1.807) is 20.8 Å². The molecule has 2 rings (SSSR count). The Morgan fingerprint density at radius 2 is 2.32 bits per heavy atom. The highest BCUT2D eigenvalue weighted by Crippen LogP contribution is 2.32. The minimum absolute atomic E-state index is 0.136. The molecule has 2 amide bonds. The van der Waals surface area contributed by atoms with E-state index < -0.39 is 34.8 Å². The Bertz CT molecular complexity index is 733. The number of β-lactam (4-membered cyclic amide) rings is 1. The molecule has 1 aromatic rings. The number of carbonyl (C=O) groups excluding carboxylic acids is 2. The van der Waals surface area contributed by atoms with E-state index >= 15 is 0 Å². The fourth-order valence-electron chi connectivity index (χ4n) is 2.12. The molecule has 2 heterocycles. The lowest BCUT2D eigenvalue weighted by Gasteiger charge is -2.50. The van der Waals surface area contributed by atoms with E-state index in [-0.39, 0.29) is 23.1 Å². The van der Waals surface area contributed by atoms with E-state index in [9.17, 15) is 13.8 Å². The lowest BCUT2D eigenvalue weighted by molar-refractivity contribution is -0.216. The number of nitrogens with one attached hydrogen (secondary N) is 1. The highest BCUT2D eigenvalue weighted by atomic mass is 32.2. The minimum atomic E-state index is -2.65. The molecule has 0 aromatic carbocycles. The van der Waals surface area contributed by atoms with Gasteiger partial charge >= 0.3 is 11.4 Å². The molecule has 4 N–H and O–H groups in total. The van der Waals surface area contributed by atoms with Gasteiger partial charge in [-0.25, -0.2) is 4.98 Å². The average Bonchev–Trinajstić information content (AvgIpc) is 2.96. The maximum absolute atomic E-state index is 12.5. The monoisotopic (exact) mass is 391 g/mol. The van der Waals surface area contributed by atoms with Gasteiger partial charge in [-0.1, -0.05) is 5.16 Å². The number of amides is 2. The number of carbonyl (C=O) groups is 2. The van der Waals surface area contributed by atoms with Crippen molar-refractivity contribution in [2.45, 2.75) is 32.4 Å². The number of nitrogen functional groups attached to an aromatic ring is 1. The fourth-order valence-corrected chi connectivity index (χ4v) is 3.06. The third-order valence-corrected chi connectivity index (χ3v) is 4.31. The third-order valence-electron chi connectivity index (χ3n) is 3.36. The standard InChI is InChI=1S/C12H17N5O6S2/c1-4-22-16-7(6-5-24-11(13)14-6)9(18)15-8-10(19)17(12(8,2)3)23-25(20)21/h5,8H,4H2,1-3H3,(H2,13,14)(H,15,18)(H,20,21)/b16-7-/t8-/m1/s1. The first-order valence-corrected chi connectivity index (χ1v) is 8.95. The molecule has 1 saturated heterocycles. The zero-order valence-corrected chi connectivity index (χ0v) is 15.2. The van der Waals surface area contributed by atoms with Gasteiger partial charge in [-0.15, -0.1) is 15.6 Å². The summed E-state index contributed by atoms with van der Waals surface area (Å²) >= 11 is -1.53. The molecular formula is C12H17N5O6S2. The zero-order valence-electron chi connectivity index (χ0n) is 13.6. The minimum Gasteiger partial charge on any atom is -0.395 e. The van der Waals surface area contributed by atoms with Gasteiger partial charge in [0.15, 0.2) is 10.8 Å². The van der Waals surface area contributed by atoms with Crippen LogP contribution in [0.25, 0.3) is 0 Å². The first-order chi connectivity index (χ1) is 11.7. The van der Waals surface area contributed by atoms with Gasteiger partial charge < -0.3 is 15.9 Å². The molecule has 0 aliphatic carbocycles. The van der Waals surface area contributed by atoms with Crippen LogP contribution in [0.5, 0.6) is 0 Å². The molecule has 1 unspecified atom stereocenters. The lowest BCUT2D eigenvalue weighted by atomic mass is 9.84. The number of anilines is 1. The van der Waals surface area contributed by atoms with Gasteiger partial charge in [-0.2, -0.15) is 9.27 Å². The van der Waals surface area contributed by atoms with Gasteiger partial charge in [0.2, 0.25) is 0 Å². The van der Waals surface area contributed by atoms with Crippen molar-refractivity contribution in [3.63, 3.8) is 0 Å². The van der Waals surface area contributed by atoms with Gasteiger partial charge in [0.05, 0.1) is 5.54 Å². The number of rotatable bonds is 7. The summed E-state index contributed by atoms with van der Waals surface area (Å²) in [5.41, 5.74) is 4.60. The van der Waals surface area contributed by atoms with E-state index in [1.165, 1.54) is 5.38 Å². The molecule has 0 radical (unpaired) electrons. The van der Waals surface area contributed by atoms with Crippen LogP contribution in [-0.4, -0.2) is 54.5 Å². The molecule has 13 heteroatoms. The summed E-state index contributed by atoms with van der Waals surface area (Å²) in [6.07, 6.45) is 0. The van der Waals surface area contributed by atoms with Gasteiger partial charge in [0.25, 0.3) is 11.8 Å². The average molecular weight is 391 g/mol. The number of hydrogen-bond acceptors (Lipinski definition) is 9. The van der Waals surface area contributed by atoms with Crippen LogP contribution < -0.4 is 11.1 Å². The van der Waals surface area contributed by atoms with Crippen LogP contribution >= 0.6 is 11.3 Å². The molecule has 25 heavy (non-hydrogen) atoms. The first kappa shape index (κ1) is 19.2. The lowest BCUT2D eigenvalue weighted by Crippen LogP contribution is -2.76. The molecule has 138 valence electrons. The third kappa shape index (κ3) is 3.95. The summed E-state index contributed by atoms with van der Waals surface area (Å²) in [7, 11) is 0. The summed E-state index contributed by atoms with van der Waals surface area (Å²) in [4.78, 5) is 33.5. The van der Waals surface area contributed by atoms with Crippen molar-refractivity contribution in [2.75, 3.05) is 12.3 Å². The Labute approximate surface area is 149 Å². The van der Waals surface area contributed by atoms with Crippen LogP contribution in [0.4, 0.5) is 5.13 Å². The Morgan fingerprint density at radius 3 is 2.80 bits per heavy atom. The molecular weight excluding hydrogens is 374 g/mol. The second kappa shape index (κ2) is 7.43. The second-order valence-electron chi connectivity index (χ2n) is 5.41. The van der Waals surface area contributed by atoms with Crippen molar-refractivity contribution in [2.24, 2.45) is 5.16 Å². The van der Waals surface area contributed by atoms with E-state index in [1.807, 2.05) is 0 Å². The topological polar surface area (TPSA) is 156 Å². The summed E-state index contributed by atoms with van der Waals surface area (Å²) in [5, 5.41) is 8.73. The predicted octanol–water partition coefficient (Wildman–Crippen LogP) is -0.360. The fraction of sp³-hybridized carbons (Fsp3) is 0.500. The van der Waals surface area contributed by atoms with Crippen molar-refractivity contribution in [3.8, 4) is 0 Å². The van der Waals surface area contributed by atoms with Crippen LogP contribution in [0.2, 0.25) is 0 Å². The van der Waals surface area contributed by atoms with Crippen LogP contribution in [-0.2, 0) is 30.1 Å². The summed E-state index contributed by atoms with van der Waals surface area (Å²) in [6.45, 7) is 5.05. The highest BCUT2D eigenvalue weighted by Gasteiger charge is 2.57. The molecule has 1 fully saturated rings. The number of aromatic nitrogens is 1. The Hall–Kier alpha value is -2.09. The van der Waals surface area contributed by atoms with Crippen molar-refractivity contribution < 1.29 is 27.5 Å². The molecule has 1 aliphatic heterocycles. The van der Waals surface area contributed by atoms with Gasteiger partial charge in [0, 0.05) is 5.38 Å². The van der Waals surface area contributed by atoms with Crippen LogP contribution in [0.15, 0.2) is 10.5 Å². The predicted molar refractivity (Wildman–Crippen MR) is 89.4 cm³/mol. The first-order valence-electron chi connectivity index (χ1n) is 7.04. The normalized spacial score (nSPS) is 20.8. The summed E-state index contributed by atoms with van der Waals surface area (Å²) in [5.74, 6) is -1.37. The Kier molecular flexibility index (Phi) is 5.72. The van der Waals surface area contributed by atoms with E-state index in [0.717, 1.165) is 16.4 Å². The van der Waals surface area contributed by atoms with Gasteiger partial charge in [-0.05, 0) is 20.8 Å². The smallest absolute Gasteiger partial charge is 0.325 e. The molecule has 2 atom stereocenters. The number of nitrogens with zero attached hydrogens (tertiary/aromatic N) is 3. The molecule has 0 bridgehead atoms. The van der Waals surface area contributed by atoms with Gasteiger partial charge in [0.1, 0.15) is 18.3 Å². The summed E-state index contributed by atoms with van der Waals surface area (Å²) < 4.78 is 24.0. The molecule has 1 aliphatic rings. The molecule has 1 aromatic heterocycles.